The van der Waals surface area contributed by atoms with Gasteiger partial charge in [-0.1, -0.05) is 6.07 Å². The van der Waals surface area contributed by atoms with Crippen LogP contribution in [0.15, 0.2) is 23.2 Å². The number of carbonyl (C=O) groups is 1. The van der Waals surface area contributed by atoms with Gasteiger partial charge in [-0.15, -0.1) is 24.0 Å². The van der Waals surface area contributed by atoms with Crippen LogP contribution in [0.2, 0.25) is 0 Å². The summed E-state index contributed by atoms with van der Waals surface area (Å²) in [6, 6.07) is 5.55. The number of anilines is 1. The Morgan fingerprint density at radius 3 is 2.50 bits per heavy atom. The van der Waals surface area contributed by atoms with Gasteiger partial charge in [0.1, 0.15) is 5.82 Å². The third-order valence-electron chi connectivity index (χ3n) is 5.89. The topological polar surface area (TPSA) is 106 Å². The number of rotatable bonds is 7. The van der Waals surface area contributed by atoms with Crippen LogP contribution in [-0.4, -0.2) is 73.3 Å². The number of aliphatic hydroxyl groups excluding tert-OH is 1. The monoisotopic (exact) mass is 562 g/mol. The molecule has 0 radical (unpaired) electrons. The average Bonchev–Trinajstić information content (AvgIpc) is 2.74. The molecule has 0 aromatic heterocycles. The average molecular weight is 562 g/mol. The van der Waals surface area contributed by atoms with Crippen LogP contribution in [0.5, 0.6) is 0 Å². The number of halogens is 2. The molecule has 2 aliphatic heterocycles. The summed E-state index contributed by atoms with van der Waals surface area (Å²) >= 11 is 0. The first kappa shape index (κ1) is 26.6. The molecule has 32 heavy (non-hydrogen) atoms. The van der Waals surface area contributed by atoms with E-state index >= 15 is 0 Å². The van der Waals surface area contributed by atoms with Crippen molar-refractivity contribution in [3.05, 3.63) is 29.6 Å². The molecule has 1 aromatic rings. The molecule has 0 spiro atoms. The minimum Gasteiger partial charge on any atom is -0.393 e. The molecule has 1 amide bonds. The highest BCUT2D eigenvalue weighted by molar-refractivity contribution is 14.0. The second kappa shape index (κ2) is 13.1. The molecular formula is C22H36FIN6O2. The number of aliphatic imine (C=N–C) groups is 1. The minimum absolute atomic E-state index is 0. The Bertz CT molecular complexity index is 765. The highest BCUT2D eigenvalue weighted by Crippen LogP contribution is 2.24. The maximum Gasteiger partial charge on any atom is 0.231 e. The number of nitrogens with zero attached hydrogens (tertiary/aromatic N) is 3. The van der Waals surface area contributed by atoms with Gasteiger partial charge in [-0.25, -0.2) is 9.38 Å². The van der Waals surface area contributed by atoms with Gasteiger partial charge in [0.25, 0.3) is 0 Å². The third-order valence-corrected chi connectivity index (χ3v) is 5.89. The summed E-state index contributed by atoms with van der Waals surface area (Å²) < 4.78 is 14.7. The van der Waals surface area contributed by atoms with E-state index in [9.17, 15) is 14.3 Å². The third kappa shape index (κ3) is 8.04. The second-order valence-electron chi connectivity index (χ2n) is 8.36. The van der Waals surface area contributed by atoms with Gasteiger partial charge >= 0.3 is 0 Å². The van der Waals surface area contributed by atoms with Crippen molar-refractivity contribution in [1.82, 2.24) is 15.5 Å². The molecule has 2 heterocycles. The van der Waals surface area contributed by atoms with E-state index < -0.39 is 0 Å². The highest BCUT2D eigenvalue weighted by Gasteiger charge is 2.21. The lowest BCUT2D eigenvalue weighted by atomic mass is 10.1. The van der Waals surface area contributed by atoms with E-state index in [1.54, 1.807) is 6.07 Å². The molecule has 180 valence electrons. The number of hydrogen-bond donors (Lipinski definition) is 4. The molecule has 8 nitrogen and oxygen atoms in total. The number of nitrogens with two attached hydrogens (primary N) is 1. The lowest BCUT2D eigenvalue weighted by Crippen LogP contribution is -2.49. The first-order valence-corrected chi connectivity index (χ1v) is 11.2. The Morgan fingerprint density at radius 2 is 1.91 bits per heavy atom. The summed E-state index contributed by atoms with van der Waals surface area (Å²) in [5.74, 6) is 0.173. The molecule has 10 heteroatoms. The van der Waals surface area contributed by atoms with Crippen molar-refractivity contribution >= 4 is 41.5 Å². The van der Waals surface area contributed by atoms with Crippen molar-refractivity contribution in [1.29, 1.82) is 0 Å². The van der Waals surface area contributed by atoms with Crippen molar-refractivity contribution in [3.8, 4) is 0 Å². The quantitative estimate of drug-likeness (QED) is 0.228. The lowest BCUT2D eigenvalue weighted by molar-refractivity contribution is -0.119. The number of piperidine rings is 2. The molecule has 2 fully saturated rings. The molecule has 0 atom stereocenters. The van der Waals surface area contributed by atoms with Crippen LogP contribution in [0, 0.1) is 5.82 Å². The first-order valence-electron chi connectivity index (χ1n) is 11.2. The fourth-order valence-electron chi connectivity index (χ4n) is 4.15. The maximum absolute atomic E-state index is 14.7. The van der Waals surface area contributed by atoms with Gasteiger partial charge in [0.2, 0.25) is 5.91 Å². The van der Waals surface area contributed by atoms with Crippen molar-refractivity contribution in [2.45, 2.75) is 51.3 Å². The number of likely N-dealkylation sites (tertiary alicyclic amines) is 1. The van der Waals surface area contributed by atoms with E-state index in [4.69, 9.17) is 5.73 Å². The summed E-state index contributed by atoms with van der Waals surface area (Å²) in [5, 5.41) is 16.4. The van der Waals surface area contributed by atoms with Crippen LogP contribution in [-0.2, 0) is 11.3 Å². The van der Waals surface area contributed by atoms with Crippen LogP contribution in [0.3, 0.4) is 0 Å². The molecule has 0 aliphatic carbocycles. The van der Waals surface area contributed by atoms with Crippen molar-refractivity contribution < 1.29 is 14.3 Å². The largest absolute Gasteiger partial charge is 0.393 e. The molecular weight excluding hydrogens is 526 g/mol. The smallest absolute Gasteiger partial charge is 0.231 e. The zero-order valence-corrected chi connectivity index (χ0v) is 21.1. The molecule has 5 N–H and O–H groups in total. The lowest BCUT2D eigenvalue weighted by Gasteiger charge is -2.32. The van der Waals surface area contributed by atoms with Gasteiger partial charge in [-0.3, -0.25) is 9.69 Å². The van der Waals surface area contributed by atoms with Gasteiger partial charge in [-0.05, 0) is 50.3 Å². The molecule has 2 aliphatic rings. The van der Waals surface area contributed by atoms with Gasteiger partial charge < -0.3 is 26.4 Å². The Hall–Kier alpha value is -1.66. The van der Waals surface area contributed by atoms with Gasteiger partial charge in [-0.2, -0.15) is 0 Å². The molecule has 0 unspecified atom stereocenters. The molecule has 3 rings (SSSR count). The van der Waals surface area contributed by atoms with E-state index in [0.717, 1.165) is 38.0 Å². The molecule has 1 aromatic carbocycles. The summed E-state index contributed by atoms with van der Waals surface area (Å²) in [4.78, 5) is 19.8. The van der Waals surface area contributed by atoms with Crippen LogP contribution >= 0.6 is 24.0 Å². The van der Waals surface area contributed by atoms with E-state index in [-0.39, 0.29) is 47.8 Å². The second-order valence-corrected chi connectivity index (χ2v) is 8.36. The van der Waals surface area contributed by atoms with Crippen LogP contribution in [0.1, 0.15) is 38.2 Å². The molecule has 2 saturated heterocycles. The van der Waals surface area contributed by atoms with Gasteiger partial charge in [0.05, 0.1) is 24.9 Å². The highest BCUT2D eigenvalue weighted by atomic mass is 127. The Labute approximate surface area is 206 Å². The number of hydrogen-bond acceptors (Lipinski definition) is 5. The van der Waals surface area contributed by atoms with Crippen LogP contribution in [0.4, 0.5) is 10.1 Å². The van der Waals surface area contributed by atoms with Crippen molar-refractivity contribution in [3.63, 3.8) is 0 Å². The van der Waals surface area contributed by atoms with E-state index in [0.29, 0.717) is 50.7 Å². The summed E-state index contributed by atoms with van der Waals surface area (Å²) in [6.45, 7) is 6.41. The van der Waals surface area contributed by atoms with E-state index in [2.05, 4.69) is 20.5 Å². The van der Waals surface area contributed by atoms with Gasteiger partial charge in [0, 0.05) is 38.8 Å². The van der Waals surface area contributed by atoms with E-state index in [1.165, 1.54) is 0 Å². The minimum atomic E-state index is -0.294. The predicted octanol–water partition coefficient (Wildman–Crippen LogP) is 1.41. The summed E-state index contributed by atoms with van der Waals surface area (Å²) in [6.07, 6.45) is 2.88. The summed E-state index contributed by atoms with van der Waals surface area (Å²) in [7, 11) is 0. The fraction of sp³-hybridized carbons (Fsp3) is 0.636. The number of guanidine groups is 1. The first-order chi connectivity index (χ1) is 14.9. The zero-order valence-electron chi connectivity index (χ0n) is 18.7. The standard InChI is InChI=1S/C22H35FN6O2.HI/c1-2-25-22(27-17-5-9-28(10-6-17)15-21(24)31)26-14-16-3-4-20(19(23)13-16)29-11-7-18(30)8-12-29;/h3-4,13,17-18,30H,2,5-12,14-15H2,1H3,(H2,24,31)(H2,25,26,27);1H. The Balaban J connectivity index is 0.00000363. The Morgan fingerprint density at radius 1 is 1.22 bits per heavy atom. The predicted molar refractivity (Wildman–Crippen MR) is 136 cm³/mol. The maximum atomic E-state index is 14.7. The number of aliphatic hydroxyl groups is 1. The number of primary amides is 1. The van der Waals surface area contributed by atoms with Crippen LogP contribution < -0.4 is 21.3 Å². The number of benzene rings is 1. The molecule has 0 saturated carbocycles. The summed E-state index contributed by atoms with van der Waals surface area (Å²) in [5.41, 5.74) is 6.68. The normalized spacial score (nSPS) is 18.8. The van der Waals surface area contributed by atoms with Crippen LogP contribution in [0.25, 0.3) is 0 Å². The Kier molecular flexibility index (Phi) is 10.9. The van der Waals surface area contributed by atoms with Crippen molar-refractivity contribution in [2.24, 2.45) is 10.7 Å². The zero-order chi connectivity index (χ0) is 22.2. The van der Waals surface area contributed by atoms with Gasteiger partial charge in [0.15, 0.2) is 5.96 Å². The fourth-order valence-corrected chi connectivity index (χ4v) is 4.15. The number of carbonyl (C=O) groups excluding carboxylic acids is 1. The SMILES string of the molecule is CCNC(=NCc1ccc(N2CCC(O)CC2)c(F)c1)NC1CCN(CC(N)=O)CC1.I. The van der Waals surface area contributed by atoms with E-state index in [1.807, 2.05) is 24.0 Å². The number of amides is 1. The van der Waals surface area contributed by atoms with Crippen molar-refractivity contribution in [2.75, 3.05) is 44.2 Å². The number of nitrogens with one attached hydrogen (secondary N) is 2. The molecule has 0 bridgehead atoms.